The molecule has 0 amide bonds. The van der Waals surface area contributed by atoms with Crippen LogP contribution in [0.25, 0.3) is 0 Å². The molecule has 0 radical (unpaired) electrons. The van der Waals surface area contributed by atoms with Crippen molar-refractivity contribution in [1.29, 1.82) is 0 Å². The first kappa shape index (κ1) is 10.1. The summed E-state index contributed by atoms with van der Waals surface area (Å²) in [5.41, 5.74) is 2.90. The second-order valence-corrected chi connectivity index (χ2v) is 5.39. The molecule has 1 saturated carbocycles. The van der Waals surface area contributed by atoms with Crippen molar-refractivity contribution in [1.82, 2.24) is 9.97 Å². The summed E-state index contributed by atoms with van der Waals surface area (Å²) in [7, 11) is 0. The summed E-state index contributed by atoms with van der Waals surface area (Å²) in [6, 6.07) is 0. The minimum absolute atomic E-state index is 0.269. The summed E-state index contributed by atoms with van der Waals surface area (Å²) in [5.74, 6) is 1.10. The van der Waals surface area contributed by atoms with Gasteiger partial charge in [0.25, 0.3) is 0 Å². The van der Waals surface area contributed by atoms with Gasteiger partial charge in [0.1, 0.15) is 12.1 Å². The topological polar surface area (TPSA) is 37.8 Å². The standard InChI is InChI=1S/C13H19N3/c1-13(7-2-3-8-13)16-12-10-5-4-6-11(10)14-9-15-12/h9H,2-8H2,1H3,(H,14,15,16). The molecule has 0 aromatic carbocycles. The lowest BCUT2D eigenvalue weighted by Crippen LogP contribution is -2.31. The number of anilines is 1. The van der Waals surface area contributed by atoms with Gasteiger partial charge in [-0.15, -0.1) is 0 Å². The molecule has 16 heavy (non-hydrogen) atoms. The second kappa shape index (κ2) is 3.72. The zero-order valence-electron chi connectivity index (χ0n) is 9.92. The van der Waals surface area contributed by atoms with Gasteiger partial charge in [0.05, 0.1) is 0 Å². The molecule has 2 aliphatic rings. The minimum atomic E-state index is 0.269. The fourth-order valence-corrected chi connectivity index (χ4v) is 3.03. The lowest BCUT2D eigenvalue weighted by atomic mass is 10.0. The molecule has 0 bridgehead atoms. The van der Waals surface area contributed by atoms with E-state index in [2.05, 4.69) is 22.2 Å². The minimum Gasteiger partial charge on any atom is -0.365 e. The first-order valence-corrected chi connectivity index (χ1v) is 6.38. The maximum atomic E-state index is 4.44. The van der Waals surface area contributed by atoms with Crippen molar-refractivity contribution in [3.8, 4) is 0 Å². The van der Waals surface area contributed by atoms with Gasteiger partial charge in [0, 0.05) is 16.8 Å². The summed E-state index contributed by atoms with van der Waals surface area (Å²) in [4.78, 5) is 8.80. The van der Waals surface area contributed by atoms with Gasteiger partial charge >= 0.3 is 0 Å². The van der Waals surface area contributed by atoms with E-state index in [9.17, 15) is 0 Å². The van der Waals surface area contributed by atoms with Crippen LogP contribution in [-0.4, -0.2) is 15.5 Å². The molecular formula is C13H19N3. The van der Waals surface area contributed by atoms with Gasteiger partial charge in [-0.1, -0.05) is 12.8 Å². The molecule has 3 nitrogen and oxygen atoms in total. The quantitative estimate of drug-likeness (QED) is 0.827. The molecular weight excluding hydrogens is 198 g/mol. The predicted octanol–water partition coefficient (Wildman–Crippen LogP) is 2.71. The lowest BCUT2D eigenvalue weighted by molar-refractivity contribution is 0.530. The van der Waals surface area contributed by atoms with Gasteiger partial charge in [0.2, 0.25) is 0 Å². The number of fused-ring (bicyclic) bond motifs is 1. The van der Waals surface area contributed by atoms with Crippen LogP contribution in [-0.2, 0) is 12.8 Å². The SMILES string of the molecule is CC1(Nc2ncnc3c2CCC3)CCCC1. The summed E-state index contributed by atoms with van der Waals surface area (Å²) < 4.78 is 0. The Kier molecular flexibility index (Phi) is 2.34. The van der Waals surface area contributed by atoms with Crippen molar-refractivity contribution in [2.24, 2.45) is 0 Å². The largest absolute Gasteiger partial charge is 0.365 e. The van der Waals surface area contributed by atoms with Crippen LogP contribution in [0.3, 0.4) is 0 Å². The highest BCUT2D eigenvalue weighted by atomic mass is 15.1. The number of rotatable bonds is 2. The molecule has 0 spiro atoms. The number of nitrogens with zero attached hydrogens (tertiary/aromatic N) is 2. The third kappa shape index (κ3) is 1.68. The fourth-order valence-electron chi connectivity index (χ4n) is 3.03. The molecule has 0 unspecified atom stereocenters. The highest BCUT2D eigenvalue weighted by Crippen LogP contribution is 2.34. The van der Waals surface area contributed by atoms with Crippen molar-refractivity contribution in [2.45, 2.75) is 57.4 Å². The monoisotopic (exact) mass is 217 g/mol. The molecule has 86 valence electrons. The molecule has 1 aromatic heterocycles. The molecule has 1 aromatic rings. The van der Waals surface area contributed by atoms with E-state index in [1.165, 1.54) is 43.4 Å². The van der Waals surface area contributed by atoms with Gasteiger partial charge in [-0.05, 0) is 39.0 Å². The third-order valence-electron chi connectivity index (χ3n) is 4.00. The Labute approximate surface area is 96.7 Å². The van der Waals surface area contributed by atoms with Gasteiger partial charge in [-0.2, -0.15) is 0 Å². The van der Waals surface area contributed by atoms with Gasteiger partial charge in [0.15, 0.2) is 0 Å². The average Bonchev–Trinajstić information content (AvgIpc) is 2.87. The summed E-state index contributed by atoms with van der Waals surface area (Å²) in [6.45, 7) is 2.32. The summed E-state index contributed by atoms with van der Waals surface area (Å²) in [6.07, 6.45) is 10.5. The van der Waals surface area contributed by atoms with Crippen LogP contribution in [0, 0.1) is 0 Å². The average molecular weight is 217 g/mol. The van der Waals surface area contributed by atoms with Crippen LogP contribution in [0.2, 0.25) is 0 Å². The Hall–Kier alpha value is -1.12. The van der Waals surface area contributed by atoms with E-state index >= 15 is 0 Å². The third-order valence-corrected chi connectivity index (χ3v) is 4.00. The molecule has 0 saturated heterocycles. The number of hydrogen-bond donors (Lipinski definition) is 1. The van der Waals surface area contributed by atoms with E-state index in [0.717, 1.165) is 18.7 Å². The van der Waals surface area contributed by atoms with Crippen LogP contribution in [0.4, 0.5) is 5.82 Å². The zero-order valence-corrected chi connectivity index (χ0v) is 9.92. The summed E-state index contributed by atoms with van der Waals surface area (Å²) in [5, 5.41) is 3.67. The van der Waals surface area contributed by atoms with Crippen molar-refractivity contribution < 1.29 is 0 Å². The number of aryl methyl sites for hydroxylation is 1. The van der Waals surface area contributed by atoms with Crippen LogP contribution in [0.5, 0.6) is 0 Å². The maximum absolute atomic E-state index is 4.44. The van der Waals surface area contributed by atoms with Crippen LogP contribution < -0.4 is 5.32 Å². The van der Waals surface area contributed by atoms with E-state index in [4.69, 9.17) is 0 Å². The molecule has 0 atom stereocenters. The van der Waals surface area contributed by atoms with Crippen molar-refractivity contribution in [3.63, 3.8) is 0 Å². The smallest absolute Gasteiger partial charge is 0.133 e. The van der Waals surface area contributed by atoms with E-state index in [1.54, 1.807) is 6.33 Å². The lowest BCUT2D eigenvalue weighted by Gasteiger charge is -2.27. The first-order valence-electron chi connectivity index (χ1n) is 6.38. The zero-order chi connectivity index (χ0) is 11.0. The number of aromatic nitrogens is 2. The van der Waals surface area contributed by atoms with E-state index in [-0.39, 0.29) is 5.54 Å². The Morgan fingerprint density at radius 2 is 1.94 bits per heavy atom. The molecule has 1 heterocycles. The van der Waals surface area contributed by atoms with Gasteiger partial charge in [-0.3, -0.25) is 0 Å². The Balaban J connectivity index is 1.87. The van der Waals surface area contributed by atoms with E-state index in [1.807, 2.05) is 0 Å². The Morgan fingerprint density at radius 3 is 2.75 bits per heavy atom. The molecule has 1 fully saturated rings. The normalized spacial score (nSPS) is 22.1. The van der Waals surface area contributed by atoms with Crippen molar-refractivity contribution in [2.75, 3.05) is 5.32 Å². The molecule has 3 rings (SSSR count). The van der Waals surface area contributed by atoms with E-state index < -0.39 is 0 Å². The molecule has 1 N–H and O–H groups in total. The maximum Gasteiger partial charge on any atom is 0.133 e. The second-order valence-electron chi connectivity index (χ2n) is 5.39. The predicted molar refractivity (Wildman–Crippen MR) is 64.6 cm³/mol. The van der Waals surface area contributed by atoms with E-state index in [0.29, 0.717) is 0 Å². The molecule has 2 aliphatic carbocycles. The molecule has 0 aliphatic heterocycles. The fraction of sp³-hybridized carbons (Fsp3) is 0.692. The van der Waals surface area contributed by atoms with Gasteiger partial charge in [-0.25, -0.2) is 9.97 Å². The van der Waals surface area contributed by atoms with Crippen LogP contribution >= 0.6 is 0 Å². The Bertz CT molecular complexity index is 394. The number of nitrogens with one attached hydrogen (secondary N) is 1. The van der Waals surface area contributed by atoms with Crippen molar-refractivity contribution in [3.05, 3.63) is 17.6 Å². The highest BCUT2D eigenvalue weighted by molar-refractivity contribution is 5.49. The first-order chi connectivity index (χ1) is 7.77. The van der Waals surface area contributed by atoms with Crippen LogP contribution in [0.1, 0.15) is 50.3 Å². The highest BCUT2D eigenvalue weighted by Gasteiger charge is 2.30. The summed E-state index contributed by atoms with van der Waals surface area (Å²) >= 11 is 0. The van der Waals surface area contributed by atoms with Crippen molar-refractivity contribution >= 4 is 5.82 Å². The Morgan fingerprint density at radius 1 is 1.12 bits per heavy atom. The number of hydrogen-bond acceptors (Lipinski definition) is 3. The van der Waals surface area contributed by atoms with Crippen LogP contribution in [0.15, 0.2) is 6.33 Å². The molecule has 3 heteroatoms. The van der Waals surface area contributed by atoms with Gasteiger partial charge < -0.3 is 5.32 Å².